The molecule has 0 atom stereocenters. The maximum atomic E-state index is 13.5. The highest BCUT2D eigenvalue weighted by molar-refractivity contribution is 6.12. The van der Waals surface area contributed by atoms with E-state index in [9.17, 15) is 14.0 Å². The quantitative estimate of drug-likeness (QED) is 0.423. The van der Waals surface area contributed by atoms with Gasteiger partial charge in [0, 0.05) is 43.5 Å². The zero-order valence-electron chi connectivity index (χ0n) is 18.0. The number of hydrogen-bond donors (Lipinski definition) is 3. The van der Waals surface area contributed by atoms with Crippen LogP contribution >= 0.6 is 0 Å². The van der Waals surface area contributed by atoms with Gasteiger partial charge in [0.1, 0.15) is 5.56 Å². The summed E-state index contributed by atoms with van der Waals surface area (Å²) in [5, 5.41) is 9.99. The molecule has 172 valence electrons. The Bertz CT molecular complexity index is 1380. The van der Waals surface area contributed by atoms with Crippen molar-refractivity contribution in [2.24, 2.45) is 0 Å². The number of nitrogens with one attached hydrogen (secondary N) is 2. The molecule has 10 nitrogen and oxygen atoms in total. The second-order valence-electron chi connectivity index (χ2n) is 7.80. The predicted molar refractivity (Wildman–Crippen MR) is 124 cm³/mol. The molecular formula is C23H21FN8O2. The number of aromatic nitrogens is 4. The largest absolute Gasteiger partial charge is 0.381 e. The standard InChI is InChI=1S/C23H21FN8O2/c24-16-11-28-21-19(20(25)30-32(21)13-16)22(33)29-18-12-27-6-5-17(18)14-1-3-15(4-2-14)23(34)31-9-7-26-8-10-31/h1-6,11-13,26H,7-10H2,(H2,25,30)(H,29,33). The molecule has 1 saturated heterocycles. The fraction of sp³-hybridized carbons (Fsp3) is 0.174. The molecule has 3 aromatic heterocycles. The van der Waals surface area contributed by atoms with Crippen molar-refractivity contribution in [3.05, 3.63) is 72.1 Å². The van der Waals surface area contributed by atoms with E-state index in [1.165, 1.54) is 6.20 Å². The number of fused-ring (bicyclic) bond motifs is 1. The van der Waals surface area contributed by atoms with Gasteiger partial charge in [-0.1, -0.05) is 12.1 Å². The van der Waals surface area contributed by atoms with Crippen LogP contribution in [0, 0.1) is 5.82 Å². The Labute approximate surface area is 193 Å². The summed E-state index contributed by atoms with van der Waals surface area (Å²) >= 11 is 0. The number of piperazine rings is 1. The van der Waals surface area contributed by atoms with E-state index in [1.807, 2.05) is 17.0 Å². The number of rotatable bonds is 4. The zero-order chi connectivity index (χ0) is 23.7. The molecule has 11 heteroatoms. The summed E-state index contributed by atoms with van der Waals surface area (Å²) in [5.74, 6) is -1.23. The van der Waals surface area contributed by atoms with Gasteiger partial charge in [-0.3, -0.25) is 14.6 Å². The van der Waals surface area contributed by atoms with Crippen LogP contribution in [0.3, 0.4) is 0 Å². The first-order valence-corrected chi connectivity index (χ1v) is 10.7. The van der Waals surface area contributed by atoms with Crippen molar-refractivity contribution < 1.29 is 14.0 Å². The Balaban J connectivity index is 1.40. The van der Waals surface area contributed by atoms with Gasteiger partial charge in [0.2, 0.25) is 0 Å². The molecule has 0 radical (unpaired) electrons. The lowest BCUT2D eigenvalue weighted by molar-refractivity contribution is 0.0735. The number of nitrogen functional groups attached to an aromatic ring is 1. The smallest absolute Gasteiger partial charge is 0.263 e. The lowest BCUT2D eigenvalue weighted by Gasteiger charge is -2.27. The van der Waals surface area contributed by atoms with E-state index in [0.29, 0.717) is 29.9 Å². The number of carbonyl (C=O) groups excluding carboxylic acids is 2. The van der Waals surface area contributed by atoms with Crippen molar-refractivity contribution in [3.63, 3.8) is 0 Å². The van der Waals surface area contributed by atoms with Crippen LogP contribution in [0.15, 0.2) is 55.1 Å². The first kappa shape index (κ1) is 21.5. The van der Waals surface area contributed by atoms with Crippen LogP contribution in [0.2, 0.25) is 0 Å². The molecule has 0 unspecified atom stereocenters. The summed E-state index contributed by atoms with van der Waals surface area (Å²) in [6.07, 6.45) is 5.21. The molecular weight excluding hydrogens is 439 g/mol. The van der Waals surface area contributed by atoms with Crippen LogP contribution in [-0.4, -0.2) is 62.5 Å². The minimum atomic E-state index is -0.601. The Hall–Kier alpha value is -4.38. The van der Waals surface area contributed by atoms with Crippen LogP contribution in [0.5, 0.6) is 0 Å². The highest BCUT2D eigenvalue weighted by atomic mass is 19.1. The summed E-state index contributed by atoms with van der Waals surface area (Å²) in [6.45, 7) is 2.92. The molecule has 1 aromatic carbocycles. The van der Waals surface area contributed by atoms with Crippen LogP contribution in [0.25, 0.3) is 16.8 Å². The molecule has 0 bridgehead atoms. The van der Waals surface area contributed by atoms with E-state index in [2.05, 4.69) is 25.7 Å². The van der Waals surface area contributed by atoms with Crippen LogP contribution in [0.1, 0.15) is 20.7 Å². The van der Waals surface area contributed by atoms with Gasteiger partial charge in [-0.2, -0.15) is 0 Å². The summed E-state index contributed by atoms with van der Waals surface area (Å²) in [6, 6.07) is 8.96. The van der Waals surface area contributed by atoms with Crippen LogP contribution in [-0.2, 0) is 0 Å². The first-order chi connectivity index (χ1) is 16.5. The van der Waals surface area contributed by atoms with Gasteiger partial charge < -0.3 is 21.3 Å². The van der Waals surface area contributed by atoms with Gasteiger partial charge >= 0.3 is 0 Å². The average Bonchev–Trinajstić information content (AvgIpc) is 3.19. The van der Waals surface area contributed by atoms with Gasteiger partial charge in [-0.05, 0) is 23.8 Å². The fourth-order valence-corrected chi connectivity index (χ4v) is 3.92. The predicted octanol–water partition coefficient (Wildman–Crippen LogP) is 1.81. The second-order valence-corrected chi connectivity index (χ2v) is 7.80. The average molecular weight is 460 g/mol. The minimum Gasteiger partial charge on any atom is -0.381 e. The molecule has 1 aliphatic rings. The van der Waals surface area contributed by atoms with E-state index < -0.39 is 11.7 Å². The van der Waals surface area contributed by atoms with E-state index in [4.69, 9.17) is 5.73 Å². The maximum Gasteiger partial charge on any atom is 0.263 e. The molecule has 4 heterocycles. The highest BCUT2D eigenvalue weighted by Crippen LogP contribution is 2.29. The molecule has 34 heavy (non-hydrogen) atoms. The Morgan fingerprint density at radius 3 is 2.62 bits per heavy atom. The fourth-order valence-electron chi connectivity index (χ4n) is 3.92. The van der Waals surface area contributed by atoms with Crippen molar-refractivity contribution in [1.82, 2.24) is 29.8 Å². The van der Waals surface area contributed by atoms with Gasteiger partial charge in [0.05, 0.1) is 24.3 Å². The van der Waals surface area contributed by atoms with Gasteiger partial charge in [0.15, 0.2) is 17.3 Å². The third kappa shape index (κ3) is 4.04. The molecule has 0 saturated carbocycles. The number of halogens is 1. The summed E-state index contributed by atoms with van der Waals surface area (Å²) in [4.78, 5) is 35.6. The van der Waals surface area contributed by atoms with E-state index in [-0.39, 0.29) is 22.9 Å². The normalized spacial score (nSPS) is 13.7. The van der Waals surface area contributed by atoms with Gasteiger partial charge in [0.25, 0.3) is 11.8 Å². The number of pyridine rings is 1. The van der Waals surface area contributed by atoms with E-state index >= 15 is 0 Å². The van der Waals surface area contributed by atoms with Crippen molar-refractivity contribution >= 4 is 29.0 Å². The summed E-state index contributed by atoms with van der Waals surface area (Å²) in [5.41, 5.74) is 8.61. The Morgan fingerprint density at radius 2 is 1.85 bits per heavy atom. The number of carbonyl (C=O) groups is 2. The number of nitrogens with two attached hydrogens (primary N) is 1. The van der Waals surface area contributed by atoms with E-state index in [0.717, 1.165) is 35.6 Å². The van der Waals surface area contributed by atoms with Crippen molar-refractivity contribution in [2.45, 2.75) is 0 Å². The third-order valence-corrected chi connectivity index (χ3v) is 5.61. The molecule has 2 amide bonds. The number of hydrogen-bond acceptors (Lipinski definition) is 7. The molecule has 1 fully saturated rings. The Morgan fingerprint density at radius 1 is 1.09 bits per heavy atom. The maximum absolute atomic E-state index is 13.5. The van der Waals surface area contributed by atoms with Crippen molar-refractivity contribution in [1.29, 1.82) is 0 Å². The Kier molecular flexibility index (Phi) is 5.60. The minimum absolute atomic E-state index is 0.0104. The molecule has 4 aromatic rings. The van der Waals surface area contributed by atoms with Crippen LogP contribution in [0.4, 0.5) is 15.9 Å². The number of benzene rings is 1. The topological polar surface area (TPSA) is 131 Å². The monoisotopic (exact) mass is 460 g/mol. The number of amides is 2. The number of nitrogens with zero attached hydrogens (tertiary/aromatic N) is 5. The summed E-state index contributed by atoms with van der Waals surface area (Å²) < 4.78 is 14.6. The first-order valence-electron chi connectivity index (χ1n) is 10.7. The lowest BCUT2D eigenvalue weighted by atomic mass is 10.0. The molecule has 0 aliphatic carbocycles. The molecule has 0 spiro atoms. The summed E-state index contributed by atoms with van der Waals surface area (Å²) in [7, 11) is 0. The van der Waals surface area contributed by atoms with Crippen LogP contribution < -0.4 is 16.4 Å². The highest BCUT2D eigenvalue weighted by Gasteiger charge is 2.22. The third-order valence-electron chi connectivity index (χ3n) is 5.61. The van der Waals surface area contributed by atoms with Gasteiger partial charge in [-0.15, -0.1) is 5.10 Å². The van der Waals surface area contributed by atoms with E-state index in [1.54, 1.807) is 24.4 Å². The molecule has 4 N–H and O–H groups in total. The number of anilines is 2. The second kappa shape index (κ2) is 8.87. The van der Waals surface area contributed by atoms with Crippen molar-refractivity contribution in [3.8, 4) is 11.1 Å². The zero-order valence-corrected chi connectivity index (χ0v) is 18.0. The molecule has 5 rings (SSSR count). The lowest BCUT2D eigenvalue weighted by Crippen LogP contribution is -2.46. The SMILES string of the molecule is Nc1nn2cc(F)cnc2c1C(=O)Nc1cnccc1-c1ccc(C(=O)N2CCNCC2)cc1. The molecule has 1 aliphatic heterocycles. The van der Waals surface area contributed by atoms with Gasteiger partial charge in [-0.25, -0.2) is 13.9 Å². The van der Waals surface area contributed by atoms with Crippen molar-refractivity contribution in [2.75, 3.05) is 37.2 Å².